The number of aryl methyl sites for hydroxylation is 2. The number of benzene rings is 2. The van der Waals surface area contributed by atoms with Crippen molar-refractivity contribution in [2.24, 2.45) is 16.8 Å². The number of fused-ring (bicyclic) bond motifs is 1. The van der Waals surface area contributed by atoms with E-state index in [0.717, 1.165) is 23.0 Å². The maximum absolute atomic E-state index is 13.5. The van der Waals surface area contributed by atoms with E-state index in [9.17, 15) is 18.8 Å². The lowest BCUT2D eigenvalue weighted by atomic mass is 10.0. The molecule has 0 unspecified atom stereocenters. The van der Waals surface area contributed by atoms with Crippen LogP contribution in [0.3, 0.4) is 0 Å². The van der Waals surface area contributed by atoms with Crippen LogP contribution >= 0.6 is 0 Å². The number of rotatable bonds is 9. The number of hydrogen-bond donors (Lipinski definition) is 3. The summed E-state index contributed by atoms with van der Waals surface area (Å²) in [5.41, 5.74) is 9.71. The van der Waals surface area contributed by atoms with Crippen molar-refractivity contribution in [3.05, 3.63) is 93.8 Å². The van der Waals surface area contributed by atoms with Crippen LogP contribution in [-0.2, 0) is 22.5 Å². The Kier molecular flexibility index (Phi) is 9.23. The molecule has 12 heteroatoms. The second-order valence-corrected chi connectivity index (χ2v) is 10.1. The second kappa shape index (κ2) is 13.0. The Hall–Kier alpha value is -4.87. The van der Waals surface area contributed by atoms with Gasteiger partial charge in [-0.1, -0.05) is 43.3 Å². The largest absolute Gasteiger partial charge is 0.535 e. The van der Waals surface area contributed by atoms with Gasteiger partial charge in [0.25, 0.3) is 11.8 Å². The van der Waals surface area contributed by atoms with Gasteiger partial charge in [-0.25, -0.2) is 19.2 Å². The number of halogens is 1. The lowest BCUT2D eigenvalue weighted by Crippen LogP contribution is -2.29. The molecule has 1 aliphatic rings. The molecule has 0 fully saturated rings. The quantitative estimate of drug-likeness (QED) is 0.117. The monoisotopic (exact) mass is 562 g/mol. The number of nitrogens with zero attached hydrogens (tertiary/aromatic N) is 3. The number of nitrogens with two attached hydrogens (primary N) is 1. The van der Waals surface area contributed by atoms with Crippen molar-refractivity contribution in [1.29, 1.82) is 0 Å². The molecule has 214 valence electrons. The molecule has 0 radical (unpaired) electrons. The van der Waals surface area contributed by atoms with Crippen molar-refractivity contribution >= 4 is 23.8 Å². The number of carbonyl (C=O) groups excluding carboxylic acids is 3. The number of oxime groups is 1. The zero-order chi connectivity index (χ0) is 29.5. The topological polar surface area (TPSA) is 158 Å². The molecule has 1 heterocycles. The molecule has 4 N–H and O–H groups in total. The Labute approximate surface area is 236 Å². The van der Waals surface area contributed by atoms with Gasteiger partial charge in [0, 0.05) is 18.2 Å². The van der Waals surface area contributed by atoms with E-state index in [0.29, 0.717) is 24.0 Å². The number of hydrogen-bond acceptors (Lipinski definition) is 8. The second-order valence-electron chi connectivity index (χ2n) is 10.1. The number of amides is 2. The Bertz CT molecular complexity index is 1490. The number of nitrogens with one attached hydrogen (secondary N) is 2. The molecule has 0 spiro atoms. The highest BCUT2D eigenvalue weighted by molar-refractivity contribution is 5.98. The van der Waals surface area contributed by atoms with Gasteiger partial charge in [0.1, 0.15) is 23.5 Å². The number of ether oxygens (including phenoxy) is 1. The Morgan fingerprint density at radius 3 is 2.59 bits per heavy atom. The highest BCUT2D eigenvalue weighted by Gasteiger charge is 2.26. The molecule has 41 heavy (non-hydrogen) atoms. The van der Waals surface area contributed by atoms with Crippen LogP contribution in [0.5, 0.6) is 0 Å². The third-order valence-corrected chi connectivity index (χ3v) is 6.38. The minimum atomic E-state index is -0.932. The molecule has 0 saturated carbocycles. The molecule has 3 aromatic rings. The third kappa shape index (κ3) is 7.62. The third-order valence-electron chi connectivity index (χ3n) is 6.38. The molecule has 2 aromatic carbocycles. The average Bonchev–Trinajstić information content (AvgIpc) is 3.36. The molecule has 0 aliphatic heterocycles. The zero-order valence-electron chi connectivity index (χ0n) is 22.9. The predicted molar refractivity (Wildman–Crippen MR) is 147 cm³/mol. The number of amidine groups is 1. The molecule has 2 amide bonds. The van der Waals surface area contributed by atoms with Gasteiger partial charge in [0.15, 0.2) is 5.84 Å². The van der Waals surface area contributed by atoms with Crippen LogP contribution in [0.15, 0.2) is 53.9 Å². The van der Waals surface area contributed by atoms with Crippen molar-refractivity contribution < 1.29 is 28.3 Å². The fourth-order valence-electron chi connectivity index (χ4n) is 4.25. The van der Waals surface area contributed by atoms with E-state index in [1.807, 2.05) is 26.0 Å². The molecule has 1 aliphatic carbocycles. The molecule has 4 rings (SSSR count). The summed E-state index contributed by atoms with van der Waals surface area (Å²) in [6, 6.07) is 11.0. The maximum Gasteiger partial charge on any atom is 0.535 e. The van der Waals surface area contributed by atoms with Crippen LogP contribution in [0, 0.1) is 18.7 Å². The van der Waals surface area contributed by atoms with E-state index in [1.165, 1.54) is 12.1 Å². The first-order chi connectivity index (χ1) is 19.6. The Morgan fingerprint density at radius 2 is 1.85 bits per heavy atom. The van der Waals surface area contributed by atoms with Crippen LogP contribution in [0.25, 0.3) is 0 Å². The minimum Gasteiger partial charge on any atom is -0.432 e. The van der Waals surface area contributed by atoms with Crippen molar-refractivity contribution in [3.63, 3.8) is 0 Å². The highest BCUT2D eigenvalue weighted by atomic mass is 19.1. The fourth-order valence-corrected chi connectivity index (χ4v) is 4.25. The number of aromatic nitrogens is 2. The average molecular weight is 563 g/mol. The molecule has 0 saturated heterocycles. The first kappa shape index (κ1) is 29.1. The van der Waals surface area contributed by atoms with Crippen molar-refractivity contribution in [1.82, 2.24) is 20.6 Å². The molecular weight excluding hydrogens is 531 g/mol. The van der Waals surface area contributed by atoms with E-state index in [-0.39, 0.29) is 48.2 Å². The smallest absolute Gasteiger partial charge is 0.432 e. The van der Waals surface area contributed by atoms with Gasteiger partial charge in [-0.2, -0.15) is 0 Å². The van der Waals surface area contributed by atoms with Gasteiger partial charge >= 0.3 is 6.16 Å². The Morgan fingerprint density at radius 1 is 1.10 bits per heavy atom. The van der Waals surface area contributed by atoms with Crippen LogP contribution in [-0.4, -0.2) is 40.4 Å². The first-order valence-electron chi connectivity index (χ1n) is 13.1. The maximum atomic E-state index is 13.5. The van der Waals surface area contributed by atoms with Gasteiger partial charge < -0.3 is 21.1 Å². The van der Waals surface area contributed by atoms with Gasteiger partial charge in [-0.05, 0) is 60.1 Å². The van der Waals surface area contributed by atoms with Gasteiger partial charge in [0.05, 0.1) is 12.6 Å². The summed E-state index contributed by atoms with van der Waals surface area (Å²) in [4.78, 5) is 49.9. The summed E-state index contributed by atoms with van der Waals surface area (Å²) in [6.45, 7) is 5.83. The van der Waals surface area contributed by atoms with Crippen LogP contribution < -0.4 is 16.4 Å². The van der Waals surface area contributed by atoms with Gasteiger partial charge in [-0.3, -0.25) is 14.4 Å². The molecule has 1 atom stereocenters. The molecule has 11 nitrogen and oxygen atoms in total. The molecule has 0 bridgehead atoms. The lowest BCUT2D eigenvalue weighted by molar-refractivity contribution is 0.0494. The summed E-state index contributed by atoms with van der Waals surface area (Å²) in [6.07, 6.45) is 1.55. The van der Waals surface area contributed by atoms with Gasteiger partial charge in [-0.15, -0.1) is 0 Å². The first-order valence-corrected chi connectivity index (χ1v) is 13.1. The number of carbonyl (C=O) groups is 3. The summed E-state index contributed by atoms with van der Waals surface area (Å²) in [5, 5.41) is 9.32. The summed E-state index contributed by atoms with van der Waals surface area (Å²) >= 11 is 0. The van der Waals surface area contributed by atoms with E-state index in [4.69, 9.17) is 15.3 Å². The SMILES string of the molecule is Cc1cc(CNC(=O)c2cc(C(=O)N[C@H]3CCc4cc(/C(N)=N/OC(=O)OCC(C)C)ccc43)ncn2)ccc1F. The van der Waals surface area contributed by atoms with Crippen molar-refractivity contribution in [2.75, 3.05) is 6.61 Å². The van der Waals surface area contributed by atoms with Gasteiger partial charge in [0.2, 0.25) is 0 Å². The molecular formula is C29H31FN6O5. The minimum absolute atomic E-state index is 0.0168. The van der Waals surface area contributed by atoms with Crippen molar-refractivity contribution in [3.8, 4) is 0 Å². The van der Waals surface area contributed by atoms with E-state index < -0.39 is 18.0 Å². The summed E-state index contributed by atoms with van der Waals surface area (Å²) in [7, 11) is 0. The summed E-state index contributed by atoms with van der Waals surface area (Å²) < 4.78 is 18.4. The van der Waals surface area contributed by atoms with E-state index in [1.54, 1.807) is 25.1 Å². The predicted octanol–water partition coefficient (Wildman–Crippen LogP) is 3.70. The molecule has 1 aromatic heterocycles. The standard InChI is InChI=1S/C29H31FN6O5/c1-16(2)14-40-29(39)41-36-26(31)20-5-7-21-19(11-20)6-9-23(21)35-28(38)25-12-24(33-15-34-25)27(37)32-13-18-4-8-22(30)17(3)10-18/h4-5,7-8,10-12,15-16,23H,6,9,13-14H2,1-3H3,(H2,31,36)(H,32,37)(H,35,38)/t23-/m0/s1. The summed E-state index contributed by atoms with van der Waals surface area (Å²) in [5.74, 6) is -1.08. The normalized spacial score (nSPS) is 14.4. The fraction of sp³-hybridized carbons (Fsp3) is 0.310. The van der Waals surface area contributed by atoms with Crippen molar-refractivity contribution in [2.45, 2.75) is 46.2 Å². The highest BCUT2D eigenvalue weighted by Crippen LogP contribution is 2.32. The zero-order valence-corrected chi connectivity index (χ0v) is 22.9. The lowest BCUT2D eigenvalue weighted by Gasteiger charge is -2.14. The van der Waals surface area contributed by atoms with Crippen LogP contribution in [0.4, 0.5) is 9.18 Å². The van der Waals surface area contributed by atoms with E-state index in [2.05, 4.69) is 25.8 Å². The van der Waals surface area contributed by atoms with Crippen LogP contribution in [0.2, 0.25) is 0 Å². The Balaban J connectivity index is 1.36. The van der Waals surface area contributed by atoms with E-state index >= 15 is 0 Å². The van der Waals surface area contributed by atoms with Crippen LogP contribution in [0.1, 0.15) is 75.1 Å².